The standard InChI is InChI=1S/C22H12N4O/c23-12-15-3-1-4-17(9-15)22(27)26-20-7-6-16(13-24)10-19(20)11-21(26)18-5-2-8-25-14-18/h1-11,14H. The van der Waals surface area contributed by atoms with Gasteiger partial charge in [0, 0.05) is 28.9 Å². The van der Waals surface area contributed by atoms with E-state index in [2.05, 4.69) is 17.1 Å². The minimum absolute atomic E-state index is 0.245. The molecule has 0 spiro atoms. The zero-order valence-corrected chi connectivity index (χ0v) is 14.1. The average Bonchev–Trinajstić information content (AvgIpc) is 3.12. The van der Waals surface area contributed by atoms with E-state index in [1.807, 2.05) is 12.1 Å². The van der Waals surface area contributed by atoms with Crippen molar-refractivity contribution >= 4 is 16.8 Å². The van der Waals surface area contributed by atoms with E-state index in [1.54, 1.807) is 65.5 Å². The number of hydrogen-bond donors (Lipinski definition) is 0. The number of rotatable bonds is 2. The second kappa shape index (κ2) is 6.59. The molecule has 5 nitrogen and oxygen atoms in total. The Morgan fingerprint density at radius 1 is 0.926 bits per heavy atom. The van der Waals surface area contributed by atoms with Crippen molar-refractivity contribution in [3.05, 3.63) is 89.7 Å². The molecule has 0 radical (unpaired) electrons. The summed E-state index contributed by atoms with van der Waals surface area (Å²) < 4.78 is 1.60. The first-order valence-corrected chi connectivity index (χ1v) is 8.22. The lowest BCUT2D eigenvalue weighted by Gasteiger charge is -2.10. The van der Waals surface area contributed by atoms with Gasteiger partial charge in [0.05, 0.1) is 34.5 Å². The summed E-state index contributed by atoms with van der Waals surface area (Å²) in [5.74, 6) is -0.245. The van der Waals surface area contributed by atoms with Crippen molar-refractivity contribution in [2.45, 2.75) is 0 Å². The predicted octanol–water partition coefficient (Wildman–Crippen LogP) is 4.14. The van der Waals surface area contributed by atoms with Gasteiger partial charge in [-0.1, -0.05) is 6.07 Å². The smallest absolute Gasteiger partial charge is 0.262 e. The maximum Gasteiger partial charge on any atom is 0.262 e. The molecular weight excluding hydrogens is 336 g/mol. The molecule has 27 heavy (non-hydrogen) atoms. The fourth-order valence-corrected chi connectivity index (χ4v) is 3.08. The lowest BCUT2D eigenvalue weighted by Crippen LogP contribution is -2.13. The van der Waals surface area contributed by atoms with Crippen molar-refractivity contribution in [2.75, 3.05) is 0 Å². The Balaban J connectivity index is 1.99. The van der Waals surface area contributed by atoms with Crippen LogP contribution in [0, 0.1) is 22.7 Å². The molecule has 0 saturated carbocycles. The van der Waals surface area contributed by atoms with Gasteiger partial charge in [-0.05, 0) is 54.6 Å². The topological polar surface area (TPSA) is 82.5 Å². The van der Waals surface area contributed by atoms with Gasteiger partial charge in [0.2, 0.25) is 0 Å². The van der Waals surface area contributed by atoms with E-state index in [4.69, 9.17) is 5.26 Å². The molecule has 0 bridgehead atoms. The molecule has 2 aromatic carbocycles. The van der Waals surface area contributed by atoms with Crippen molar-refractivity contribution < 1.29 is 4.79 Å². The molecule has 0 unspecified atom stereocenters. The van der Waals surface area contributed by atoms with Gasteiger partial charge in [0.1, 0.15) is 0 Å². The van der Waals surface area contributed by atoms with Crippen molar-refractivity contribution in [1.82, 2.24) is 9.55 Å². The van der Waals surface area contributed by atoms with E-state index in [-0.39, 0.29) is 5.91 Å². The van der Waals surface area contributed by atoms with Crippen molar-refractivity contribution in [3.63, 3.8) is 0 Å². The fraction of sp³-hybridized carbons (Fsp3) is 0. The van der Waals surface area contributed by atoms with Crippen molar-refractivity contribution in [3.8, 4) is 23.4 Å². The third-order valence-electron chi connectivity index (χ3n) is 4.33. The van der Waals surface area contributed by atoms with Crippen LogP contribution in [0.25, 0.3) is 22.2 Å². The van der Waals surface area contributed by atoms with E-state index in [0.717, 1.165) is 10.9 Å². The maximum atomic E-state index is 13.3. The van der Waals surface area contributed by atoms with Crippen LogP contribution in [0.5, 0.6) is 0 Å². The SMILES string of the molecule is N#Cc1cccc(C(=O)n2c(-c3cccnc3)cc3cc(C#N)ccc32)c1. The van der Waals surface area contributed by atoms with E-state index in [1.165, 1.54) is 0 Å². The van der Waals surface area contributed by atoms with Crippen LogP contribution < -0.4 is 0 Å². The van der Waals surface area contributed by atoms with Crippen LogP contribution in [0.2, 0.25) is 0 Å². The molecule has 4 aromatic rings. The predicted molar refractivity (Wildman–Crippen MR) is 101 cm³/mol. The Morgan fingerprint density at radius 3 is 2.48 bits per heavy atom. The molecule has 0 aliphatic heterocycles. The molecule has 0 aliphatic rings. The molecule has 0 N–H and O–H groups in total. The Labute approximate surface area is 155 Å². The highest BCUT2D eigenvalue weighted by molar-refractivity contribution is 6.06. The summed E-state index contributed by atoms with van der Waals surface area (Å²) in [7, 11) is 0. The summed E-state index contributed by atoms with van der Waals surface area (Å²) >= 11 is 0. The molecule has 0 aliphatic carbocycles. The van der Waals surface area contributed by atoms with Crippen LogP contribution in [0.1, 0.15) is 21.5 Å². The van der Waals surface area contributed by atoms with Crippen molar-refractivity contribution in [2.24, 2.45) is 0 Å². The van der Waals surface area contributed by atoms with Crippen LogP contribution in [0.3, 0.4) is 0 Å². The summed E-state index contributed by atoms with van der Waals surface area (Å²) in [6, 6.07) is 21.5. The molecule has 2 heterocycles. The molecule has 5 heteroatoms. The van der Waals surface area contributed by atoms with Gasteiger partial charge in [-0.15, -0.1) is 0 Å². The van der Waals surface area contributed by atoms with E-state index in [9.17, 15) is 10.1 Å². The molecule has 0 atom stereocenters. The quantitative estimate of drug-likeness (QED) is 0.545. The van der Waals surface area contributed by atoms with Crippen LogP contribution in [0.4, 0.5) is 0 Å². The third-order valence-corrected chi connectivity index (χ3v) is 4.33. The monoisotopic (exact) mass is 348 g/mol. The Morgan fingerprint density at radius 2 is 1.74 bits per heavy atom. The highest BCUT2D eigenvalue weighted by Crippen LogP contribution is 2.29. The lowest BCUT2D eigenvalue weighted by molar-refractivity contribution is 0.0966. The molecule has 2 aromatic heterocycles. The zero-order valence-electron chi connectivity index (χ0n) is 14.1. The van der Waals surface area contributed by atoms with Gasteiger partial charge < -0.3 is 0 Å². The van der Waals surface area contributed by atoms with Gasteiger partial charge in [-0.3, -0.25) is 14.3 Å². The Hall–Kier alpha value is -4.22. The number of aromatic nitrogens is 2. The number of carbonyl (C=O) groups is 1. The first-order valence-electron chi connectivity index (χ1n) is 8.22. The molecule has 4 rings (SSSR count). The first-order chi connectivity index (χ1) is 13.2. The molecule has 0 saturated heterocycles. The number of nitrogens with zero attached hydrogens (tertiary/aromatic N) is 4. The number of carbonyl (C=O) groups excluding carboxylic acids is 1. The summed E-state index contributed by atoms with van der Waals surface area (Å²) in [6.45, 7) is 0. The Kier molecular flexibility index (Phi) is 3.97. The summed E-state index contributed by atoms with van der Waals surface area (Å²) in [4.78, 5) is 17.5. The highest BCUT2D eigenvalue weighted by Gasteiger charge is 2.19. The van der Waals surface area contributed by atoms with E-state index in [0.29, 0.717) is 27.9 Å². The first kappa shape index (κ1) is 16.3. The molecule has 0 amide bonds. The lowest BCUT2D eigenvalue weighted by atomic mass is 10.1. The van der Waals surface area contributed by atoms with Crippen LogP contribution in [-0.2, 0) is 0 Å². The largest absolute Gasteiger partial charge is 0.276 e. The summed E-state index contributed by atoms with van der Waals surface area (Å²) in [5.41, 5.74) is 3.53. The van der Waals surface area contributed by atoms with Crippen LogP contribution in [0.15, 0.2) is 73.1 Å². The zero-order chi connectivity index (χ0) is 18.8. The summed E-state index contributed by atoms with van der Waals surface area (Å²) in [5, 5.41) is 19.1. The van der Waals surface area contributed by atoms with Gasteiger partial charge in [-0.25, -0.2) is 0 Å². The van der Waals surface area contributed by atoms with Gasteiger partial charge in [-0.2, -0.15) is 10.5 Å². The van der Waals surface area contributed by atoms with Gasteiger partial charge in [0.25, 0.3) is 5.91 Å². The minimum atomic E-state index is -0.245. The summed E-state index contributed by atoms with van der Waals surface area (Å²) in [6.07, 6.45) is 3.36. The number of benzene rings is 2. The maximum absolute atomic E-state index is 13.3. The molecule has 0 fully saturated rings. The van der Waals surface area contributed by atoms with Crippen LogP contribution >= 0.6 is 0 Å². The van der Waals surface area contributed by atoms with Gasteiger partial charge in [0.15, 0.2) is 0 Å². The van der Waals surface area contributed by atoms with E-state index >= 15 is 0 Å². The van der Waals surface area contributed by atoms with Gasteiger partial charge >= 0.3 is 0 Å². The minimum Gasteiger partial charge on any atom is -0.276 e. The fourth-order valence-electron chi connectivity index (χ4n) is 3.08. The number of nitriles is 2. The molecule has 126 valence electrons. The number of hydrogen-bond acceptors (Lipinski definition) is 4. The number of fused-ring (bicyclic) bond motifs is 1. The Bertz CT molecular complexity index is 1260. The van der Waals surface area contributed by atoms with Crippen molar-refractivity contribution in [1.29, 1.82) is 10.5 Å². The number of pyridine rings is 1. The van der Waals surface area contributed by atoms with E-state index < -0.39 is 0 Å². The second-order valence-electron chi connectivity index (χ2n) is 5.99. The van der Waals surface area contributed by atoms with Crippen LogP contribution in [-0.4, -0.2) is 15.5 Å². The highest BCUT2D eigenvalue weighted by atomic mass is 16.2. The third kappa shape index (κ3) is 2.84. The average molecular weight is 348 g/mol. The molecular formula is C22H12N4O. The normalized spacial score (nSPS) is 10.3. The second-order valence-corrected chi connectivity index (χ2v) is 5.99.